The van der Waals surface area contributed by atoms with E-state index in [2.05, 4.69) is 38.7 Å². The molecule has 0 radical (unpaired) electrons. The van der Waals surface area contributed by atoms with E-state index in [1.807, 2.05) is 30.3 Å². The summed E-state index contributed by atoms with van der Waals surface area (Å²) in [5.74, 6) is 2.42. The third-order valence-corrected chi connectivity index (χ3v) is 4.21. The number of aromatic nitrogens is 4. The Balaban J connectivity index is 1.82. The maximum Gasteiger partial charge on any atom is 0.146 e. The number of furan rings is 1. The van der Waals surface area contributed by atoms with Crippen LogP contribution < -0.4 is 5.32 Å². The fourth-order valence-corrected chi connectivity index (χ4v) is 2.87. The smallest absolute Gasteiger partial charge is 0.146 e. The highest BCUT2D eigenvalue weighted by Crippen LogP contribution is 2.30. The van der Waals surface area contributed by atoms with Crippen molar-refractivity contribution in [2.45, 2.75) is 20.4 Å². The summed E-state index contributed by atoms with van der Waals surface area (Å²) in [4.78, 5) is 13.2. The number of hydrogen-bond acceptors (Lipinski definition) is 5. The van der Waals surface area contributed by atoms with Crippen LogP contribution in [-0.4, -0.2) is 19.5 Å². The number of pyridine rings is 1. The van der Waals surface area contributed by atoms with E-state index in [0.29, 0.717) is 6.54 Å². The monoisotopic (exact) mass is 319 g/mol. The molecule has 4 rings (SSSR count). The summed E-state index contributed by atoms with van der Waals surface area (Å²) in [5.41, 5.74) is 3.18. The van der Waals surface area contributed by atoms with Crippen LogP contribution in [-0.2, 0) is 6.54 Å². The van der Waals surface area contributed by atoms with E-state index < -0.39 is 0 Å². The maximum absolute atomic E-state index is 5.49. The van der Waals surface area contributed by atoms with Crippen molar-refractivity contribution < 1.29 is 4.42 Å². The quantitative estimate of drug-likeness (QED) is 0.619. The van der Waals surface area contributed by atoms with E-state index in [1.165, 1.54) is 0 Å². The number of nitrogens with zero attached hydrogens (tertiary/aromatic N) is 4. The molecule has 0 spiro atoms. The minimum Gasteiger partial charge on any atom is -0.467 e. The molecule has 0 unspecified atom stereocenters. The van der Waals surface area contributed by atoms with Crippen molar-refractivity contribution in [3.8, 4) is 0 Å². The van der Waals surface area contributed by atoms with Gasteiger partial charge in [-0.15, -0.1) is 0 Å². The van der Waals surface area contributed by atoms with Gasteiger partial charge in [-0.25, -0.2) is 15.0 Å². The third kappa shape index (κ3) is 2.42. The fraction of sp³-hybridized carbons (Fsp3) is 0.167. The highest BCUT2D eigenvalue weighted by molar-refractivity contribution is 5.93. The van der Waals surface area contributed by atoms with E-state index in [1.54, 1.807) is 18.8 Å². The van der Waals surface area contributed by atoms with Crippen molar-refractivity contribution in [3.63, 3.8) is 0 Å². The molecule has 120 valence electrons. The molecule has 0 saturated heterocycles. The zero-order valence-electron chi connectivity index (χ0n) is 13.5. The second-order valence-electron chi connectivity index (χ2n) is 5.64. The Morgan fingerprint density at radius 3 is 2.75 bits per heavy atom. The van der Waals surface area contributed by atoms with Gasteiger partial charge in [-0.1, -0.05) is 6.07 Å². The molecule has 24 heavy (non-hydrogen) atoms. The topological polar surface area (TPSA) is 68.8 Å². The predicted molar refractivity (Wildman–Crippen MR) is 92.3 cm³/mol. The molecule has 0 saturated carbocycles. The number of hydrogen-bond donors (Lipinski definition) is 1. The van der Waals surface area contributed by atoms with Gasteiger partial charge in [-0.3, -0.25) is 0 Å². The van der Waals surface area contributed by atoms with Crippen LogP contribution in [0.25, 0.3) is 11.0 Å². The first-order valence-corrected chi connectivity index (χ1v) is 7.75. The number of rotatable bonds is 4. The van der Waals surface area contributed by atoms with Crippen LogP contribution in [0.3, 0.4) is 0 Å². The molecule has 0 bridgehead atoms. The van der Waals surface area contributed by atoms with Gasteiger partial charge in [0.05, 0.1) is 18.2 Å². The summed E-state index contributed by atoms with van der Waals surface area (Å²) < 4.78 is 7.63. The first kappa shape index (κ1) is 14.4. The van der Waals surface area contributed by atoms with Gasteiger partial charge in [0, 0.05) is 11.9 Å². The first-order chi connectivity index (χ1) is 11.7. The Morgan fingerprint density at radius 1 is 1.08 bits per heavy atom. The summed E-state index contributed by atoms with van der Waals surface area (Å²) in [7, 11) is 0. The SMILES string of the molecule is Cc1c(C)n(Cc2ccco2)c2ncnc(Nc3ccccn3)c12. The van der Waals surface area contributed by atoms with Gasteiger partial charge in [-0.05, 0) is 43.7 Å². The molecule has 0 aliphatic carbocycles. The molecule has 0 amide bonds. The Kier molecular flexibility index (Phi) is 3.49. The second-order valence-corrected chi connectivity index (χ2v) is 5.64. The minimum absolute atomic E-state index is 0.642. The van der Waals surface area contributed by atoms with Crippen LogP contribution in [0.5, 0.6) is 0 Å². The van der Waals surface area contributed by atoms with Gasteiger partial charge in [-0.2, -0.15) is 0 Å². The molecule has 1 N–H and O–H groups in total. The third-order valence-electron chi connectivity index (χ3n) is 4.21. The first-order valence-electron chi connectivity index (χ1n) is 7.75. The summed E-state index contributed by atoms with van der Waals surface area (Å²) in [6.07, 6.45) is 5.01. The Morgan fingerprint density at radius 2 is 2.00 bits per heavy atom. The number of aryl methyl sites for hydroxylation is 1. The molecule has 0 atom stereocenters. The van der Waals surface area contributed by atoms with Crippen LogP contribution in [0.1, 0.15) is 17.0 Å². The largest absolute Gasteiger partial charge is 0.467 e. The normalized spacial score (nSPS) is 11.1. The van der Waals surface area contributed by atoms with E-state index in [9.17, 15) is 0 Å². The molecule has 6 heteroatoms. The Bertz CT molecular complexity index is 974. The van der Waals surface area contributed by atoms with Crippen LogP contribution in [0.2, 0.25) is 0 Å². The molecule has 4 aromatic rings. The molecule has 4 aromatic heterocycles. The lowest BCUT2D eigenvalue weighted by Gasteiger charge is -2.07. The summed E-state index contributed by atoms with van der Waals surface area (Å²) >= 11 is 0. The average Bonchev–Trinajstić information content (AvgIpc) is 3.20. The van der Waals surface area contributed by atoms with Gasteiger partial charge in [0.1, 0.15) is 29.4 Å². The molecular formula is C18H17N5O. The lowest BCUT2D eigenvalue weighted by atomic mass is 10.2. The van der Waals surface area contributed by atoms with Crippen molar-refractivity contribution in [1.29, 1.82) is 0 Å². The number of anilines is 2. The summed E-state index contributed by atoms with van der Waals surface area (Å²) in [6.45, 7) is 4.82. The highest BCUT2D eigenvalue weighted by Gasteiger charge is 2.17. The minimum atomic E-state index is 0.642. The van der Waals surface area contributed by atoms with Crippen molar-refractivity contribution in [2.75, 3.05) is 5.32 Å². The van der Waals surface area contributed by atoms with E-state index in [-0.39, 0.29) is 0 Å². The lowest BCUT2D eigenvalue weighted by molar-refractivity contribution is 0.494. The molecule has 0 fully saturated rings. The van der Waals surface area contributed by atoms with Crippen LogP contribution >= 0.6 is 0 Å². The van der Waals surface area contributed by atoms with Crippen molar-refractivity contribution in [2.24, 2.45) is 0 Å². The van der Waals surface area contributed by atoms with Gasteiger partial charge >= 0.3 is 0 Å². The second kappa shape index (κ2) is 5.81. The van der Waals surface area contributed by atoms with Crippen LogP contribution in [0.15, 0.2) is 53.5 Å². The highest BCUT2D eigenvalue weighted by atomic mass is 16.3. The van der Waals surface area contributed by atoms with Gasteiger partial charge in [0.25, 0.3) is 0 Å². The molecule has 6 nitrogen and oxygen atoms in total. The molecule has 0 aromatic carbocycles. The van der Waals surface area contributed by atoms with E-state index in [4.69, 9.17) is 4.42 Å². The lowest BCUT2D eigenvalue weighted by Crippen LogP contribution is -2.03. The summed E-state index contributed by atoms with van der Waals surface area (Å²) in [6, 6.07) is 9.60. The van der Waals surface area contributed by atoms with Crippen molar-refractivity contribution in [1.82, 2.24) is 19.5 Å². The average molecular weight is 319 g/mol. The zero-order chi connectivity index (χ0) is 16.5. The van der Waals surface area contributed by atoms with Crippen molar-refractivity contribution in [3.05, 3.63) is 66.1 Å². The van der Waals surface area contributed by atoms with Crippen LogP contribution in [0, 0.1) is 13.8 Å². The molecule has 0 aliphatic rings. The van der Waals surface area contributed by atoms with E-state index in [0.717, 1.165) is 39.7 Å². The fourth-order valence-electron chi connectivity index (χ4n) is 2.87. The van der Waals surface area contributed by atoms with E-state index >= 15 is 0 Å². The Hall–Kier alpha value is -3.15. The maximum atomic E-state index is 5.49. The predicted octanol–water partition coefficient (Wildman–Crippen LogP) is 3.83. The van der Waals surface area contributed by atoms with Crippen LogP contribution in [0.4, 0.5) is 11.6 Å². The van der Waals surface area contributed by atoms with Gasteiger partial charge in [0.15, 0.2) is 0 Å². The molecular weight excluding hydrogens is 302 g/mol. The van der Waals surface area contributed by atoms with Gasteiger partial charge < -0.3 is 14.3 Å². The van der Waals surface area contributed by atoms with Crippen molar-refractivity contribution >= 4 is 22.7 Å². The standard InChI is InChI=1S/C18H17N5O/c1-12-13(2)23(10-14-6-5-9-24-14)18-16(12)17(20-11-21-18)22-15-7-3-4-8-19-15/h3-9,11H,10H2,1-2H3,(H,19,20,21,22). The number of nitrogens with one attached hydrogen (secondary N) is 1. The molecule has 0 aliphatic heterocycles. The number of fused-ring (bicyclic) bond motifs is 1. The van der Waals surface area contributed by atoms with Gasteiger partial charge in [0.2, 0.25) is 0 Å². The Labute approximate surface area is 139 Å². The zero-order valence-corrected chi connectivity index (χ0v) is 13.5. The molecule has 4 heterocycles. The summed E-state index contributed by atoms with van der Waals surface area (Å²) in [5, 5.41) is 4.29.